The molecule has 2 aromatic carbocycles. The van der Waals surface area contributed by atoms with Gasteiger partial charge in [0.2, 0.25) is 9.05 Å². The van der Waals surface area contributed by atoms with Crippen LogP contribution in [0.25, 0.3) is 22.1 Å². The monoisotopic (exact) mass is 631 g/mol. The van der Waals surface area contributed by atoms with E-state index in [1.54, 1.807) is 52.5 Å². The van der Waals surface area contributed by atoms with Gasteiger partial charge in [0.1, 0.15) is 0 Å². The maximum Gasteiger partial charge on any atom is 1.00 e. The summed E-state index contributed by atoms with van der Waals surface area (Å²) in [7, 11) is 9.29. The molecule has 43 heavy (non-hydrogen) atoms. The third kappa shape index (κ3) is 10.8. The Labute approximate surface area is 268 Å². The largest absolute Gasteiger partial charge is 1.00 e. The Morgan fingerprint density at radius 1 is 0.837 bits per heavy atom. The van der Waals surface area contributed by atoms with Crippen molar-refractivity contribution in [1.29, 1.82) is 0 Å². The van der Waals surface area contributed by atoms with Crippen LogP contribution in [0.4, 0.5) is 0 Å². The van der Waals surface area contributed by atoms with Crippen molar-refractivity contribution in [3.63, 3.8) is 0 Å². The average molecular weight is 632 g/mol. The summed E-state index contributed by atoms with van der Waals surface area (Å²) < 4.78 is 34.3. The number of ether oxygens (including phenoxy) is 2. The zero-order chi connectivity index (χ0) is 31.1. The molecule has 1 aliphatic heterocycles. The summed E-state index contributed by atoms with van der Waals surface area (Å²) in [6.45, 7) is 2.00. The Balaban J connectivity index is 0. The first-order chi connectivity index (χ1) is 19.1. The molecule has 1 N–H and O–H groups in total. The van der Waals surface area contributed by atoms with Crippen molar-refractivity contribution in [3.8, 4) is 0 Å². The number of benzene rings is 2. The Morgan fingerprint density at radius 3 is 1.51 bits per heavy atom. The fraction of sp³-hybridized carbons (Fsp3) is 0.385. The van der Waals surface area contributed by atoms with E-state index < -0.39 is 21.0 Å². The van der Waals surface area contributed by atoms with E-state index in [2.05, 4.69) is 15.4 Å². The van der Waals surface area contributed by atoms with Crippen LogP contribution < -0.4 is 30.2 Å². The Hall–Kier alpha value is -3.22. The van der Waals surface area contributed by atoms with Crippen LogP contribution in [0.5, 0.6) is 0 Å². The molecule has 0 amide bonds. The number of esters is 1. The van der Waals surface area contributed by atoms with Gasteiger partial charge in [-0.2, -0.15) is 0 Å². The van der Waals surface area contributed by atoms with Gasteiger partial charge in [0, 0.05) is 60.5 Å². The first-order valence-electron chi connectivity index (χ1n) is 12.2. The second-order valence-electron chi connectivity index (χ2n) is 9.01. The quantitative estimate of drug-likeness (QED) is 0.166. The van der Waals surface area contributed by atoms with Crippen LogP contribution in [-0.4, -0.2) is 78.7 Å². The van der Waals surface area contributed by atoms with E-state index in [0.29, 0.717) is 11.1 Å². The van der Waals surface area contributed by atoms with Gasteiger partial charge in [-0.15, -0.1) is 0 Å². The van der Waals surface area contributed by atoms with Crippen molar-refractivity contribution in [1.82, 2.24) is 18.3 Å². The number of aromatic nitrogens is 4. The van der Waals surface area contributed by atoms with Crippen molar-refractivity contribution >= 4 is 62.2 Å². The molecular weight excluding hydrogens is 598 g/mol. The molecule has 3 heterocycles. The molecule has 1 saturated heterocycles. The molecule has 0 spiro atoms. The number of halogens is 1. The number of fused-ring (bicyclic) bond motifs is 2. The van der Waals surface area contributed by atoms with Crippen LogP contribution in [-0.2, 0) is 46.7 Å². The van der Waals surface area contributed by atoms with E-state index in [9.17, 15) is 27.6 Å². The summed E-state index contributed by atoms with van der Waals surface area (Å²) in [5, 5.41) is 8.82. The number of hydrogen-bond acceptors (Lipinski definition) is 8. The molecule has 0 atom stereocenters. The van der Waals surface area contributed by atoms with Gasteiger partial charge in [-0.3, -0.25) is 18.3 Å². The number of hydrogen-bond donors (Lipinski definition) is 1. The van der Waals surface area contributed by atoms with Crippen LogP contribution in [0.15, 0.2) is 46.0 Å². The SMILES string of the molecule is C1CCOC1.COC(=O)c1ccc2c(c1)n(C)c(=O)n2C.CS(=O)(=O)Cl.Cn1c(=O)n(C)c2cc(C(=O)O)ccc21.[B].[H-].[Li+]. The van der Waals surface area contributed by atoms with Gasteiger partial charge >= 0.3 is 42.2 Å². The minimum absolute atomic E-state index is 0. The summed E-state index contributed by atoms with van der Waals surface area (Å²) in [5.41, 5.74) is 3.22. The molecule has 2 aromatic heterocycles. The van der Waals surface area contributed by atoms with Crippen LogP contribution in [0.1, 0.15) is 35.0 Å². The van der Waals surface area contributed by atoms with Gasteiger partial charge in [-0.1, -0.05) is 0 Å². The van der Waals surface area contributed by atoms with Gasteiger partial charge in [0.15, 0.2) is 0 Å². The molecule has 1 fully saturated rings. The minimum Gasteiger partial charge on any atom is -1.00 e. The Bertz CT molecular complexity index is 1780. The van der Waals surface area contributed by atoms with Crippen molar-refractivity contribution in [2.75, 3.05) is 26.6 Å². The molecule has 4 aromatic rings. The molecule has 0 unspecified atom stereocenters. The number of carboxylic acids is 1. The average Bonchev–Trinajstić information content (AvgIpc) is 3.63. The summed E-state index contributed by atoms with van der Waals surface area (Å²) in [6, 6.07) is 9.67. The number of carbonyl (C=O) groups is 2. The van der Waals surface area contributed by atoms with E-state index in [1.807, 2.05) is 0 Å². The van der Waals surface area contributed by atoms with E-state index >= 15 is 0 Å². The van der Waals surface area contributed by atoms with Crippen molar-refractivity contribution in [2.45, 2.75) is 12.8 Å². The zero-order valence-electron chi connectivity index (χ0n) is 26.2. The number of nitrogens with zero attached hydrogens (tertiary/aromatic N) is 4. The molecule has 5 rings (SSSR count). The second kappa shape index (κ2) is 17.2. The van der Waals surface area contributed by atoms with Gasteiger partial charge in [0.25, 0.3) is 0 Å². The first kappa shape index (κ1) is 39.8. The van der Waals surface area contributed by atoms with Crippen molar-refractivity contribution in [2.24, 2.45) is 28.2 Å². The molecule has 0 aliphatic carbocycles. The molecule has 0 saturated carbocycles. The Kier molecular flexibility index (Phi) is 15.9. The smallest absolute Gasteiger partial charge is 1.00 e. The molecular formula is C26H34BClLiN4O9S. The van der Waals surface area contributed by atoms with E-state index in [-0.39, 0.29) is 45.6 Å². The number of methoxy groups -OCH3 is 1. The third-order valence-electron chi connectivity index (χ3n) is 6.04. The second-order valence-corrected chi connectivity index (χ2v) is 12.1. The Morgan fingerprint density at radius 2 is 1.19 bits per heavy atom. The topological polar surface area (TPSA) is 161 Å². The predicted octanol–water partition coefficient (Wildman–Crippen LogP) is -1.04. The number of carboxylic acid groups (broad SMARTS) is 1. The van der Waals surface area contributed by atoms with Crippen LogP contribution >= 0.6 is 10.7 Å². The molecule has 13 nitrogen and oxygen atoms in total. The van der Waals surface area contributed by atoms with E-state index in [4.69, 9.17) is 9.84 Å². The van der Waals surface area contributed by atoms with Crippen LogP contribution in [0.3, 0.4) is 0 Å². The molecule has 17 heteroatoms. The maximum atomic E-state index is 11.6. The minimum atomic E-state index is -3.19. The summed E-state index contributed by atoms with van der Waals surface area (Å²) in [5.74, 6) is -1.40. The van der Waals surface area contributed by atoms with Crippen LogP contribution in [0.2, 0.25) is 0 Å². The van der Waals surface area contributed by atoms with Gasteiger partial charge in [-0.25, -0.2) is 27.6 Å². The van der Waals surface area contributed by atoms with Crippen molar-refractivity contribution < 1.29 is 52.9 Å². The fourth-order valence-corrected chi connectivity index (χ4v) is 3.90. The molecule has 3 radical (unpaired) electrons. The molecule has 0 bridgehead atoms. The van der Waals surface area contributed by atoms with E-state index in [0.717, 1.165) is 36.0 Å². The number of aromatic carboxylic acids is 1. The summed E-state index contributed by atoms with van der Waals surface area (Å²) in [4.78, 5) is 45.3. The van der Waals surface area contributed by atoms with Gasteiger partial charge < -0.3 is 16.0 Å². The summed E-state index contributed by atoms with van der Waals surface area (Å²) >= 11 is 0. The first-order valence-corrected chi connectivity index (χ1v) is 14.9. The third-order valence-corrected chi connectivity index (χ3v) is 6.04. The number of carbonyl (C=O) groups excluding carboxylic acids is 1. The van der Waals surface area contributed by atoms with Crippen molar-refractivity contribution in [3.05, 3.63) is 68.5 Å². The van der Waals surface area contributed by atoms with E-state index in [1.165, 1.54) is 50.4 Å². The van der Waals surface area contributed by atoms with Gasteiger partial charge in [-0.05, 0) is 49.2 Å². The molecule has 229 valence electrons. The van der Waals surface area contributed by atoms with Gasteiger partial charge in [0.05, 0.1) is 46.6 Å². The summed E-state index contributed by atoms with van der Waals surface area (Å²) in [6.07, 6.45) is 3.48. The number of rotatable bonds is 2. The zero-order valence-corrected chi connectivity index (χ0v) is 26.7. The maximum absolute atomic E-state index is 11.6. The molecule has 1 aliphatic rings. The predicted molar refractivity (Wildman–Crippen MR) is 162 cm³/mol. The normalized spacial score (nSPS) is 11.9. The fourth-order valence-electron chi connectivity index (χ4n) is 3.90. The standard InChI is InChI=1S/C11H12N2O3.C10H10N2O3.C4H8O.CH3ClO2S.B.Li.H/c1-12-8-5-4-7(10(14)16-3)6-9(8)13(2)11(12)15;1-11-7-4-3-6(9(13)14)5-8(7)12(2)10(11)15;1-2-4-5-3-1;1-5(2,3)4;;;/h4-6H,1-3H3;3-5H,1-2H3,(H,13,14);1-4H2;1H3;;;/q;;;;;+1;-1. The number of imidazole rings is 2. The number of aryl methyl sites for hydroxylation is 4. The van der Waals surface area contributed by atoms with Crippen LogP contribution in [0, 0.1) is 0 Å².